The number of aromatic nitrogens is 2. The third-order valence-corrected chi connectivity index (χ3v) is 5.03. The zero-order valence-electron chi connectivity index (χ0n) is 14.1. The summed E-state index contributed by atoms with van der Waals surface area (Å²) in [6.45, 7) is 5.25. The minimum absolute atomic E-state index is 0.0733. The van der Waals surface area contributed by atoms with Gasteiger partial charge in [0.25, 0.3) is 0 Å². The zero-order valence-corrected chi connectivity index (χ0v) is 14.9. The third-order valence-electron chi connectivity index (χ3n) is 3.42. The molecule has 0 radical (unpaired) electrons. The van der Waals surface area contributed by atoms with Crippen LogP contribution >= 0.6 is 0 Å². The second kappa shape index (κ2) is 7.88. The minimum atomic E-state index is -1.55. The molecule has 2 unspecified atom stereocenters. The van der Waals surface area contributed by atoms with Gasteiger partial charge >= 0.3 is 0 Å². The van der Waals surface area contributed by atoms with Crippen molar-refractivity contribution in [3.05, 3.63) is 59.7 Å². The molecule has 2 aromatic rings. The van der Waals surface area contributed by atoms with Crippen molar-refractivity contribution >= 4 is 16.8 Å². The molecule has 0 aliphatic carbocycles. The van der Waals surface area contributed by atoms with E-state index in [2.05, 4.69) is 14.7 Å². The lowest BCUT2D eigenvalue weighted by molar-refractivity contribution is 0.0971. The molecule has 8 heteroatoms. The Bertz CT molecular complexity index is 779. The lowest BCUT2D eigenvalue weighted by Crippen LogP contribution is -2.37. The van der Waals surface area contributed by atoms with Gasteiger partial charge < -0.3 is 0 Å². The normalized spacial score (nSPS) is 14.1. The van der Waals surface area contributed by atoms with Crippen molar-refractivity contribution in [3.63, 3.8) is 0 Å². The smallest absolute Gasteiger partial charge is 0.167 e. The quantitative estimate of drug-likeness (QED) is 0.797. The highest BCUT2D eigenvalue weighted by Crippen LogP contribution is 2.25. The number of hydrogen-bond acceptors (Lipinski definition) is 4. The lowest BCUT2D eigenvalue weighted by Gasteiger charge is -2.24. The summed E-state index contributed by atoms with van der Waals surface area (Å²) in [4.78, 5) is 20.0. The number of rotatable bonds is 6. The van der Waals surface area contributed by atoms with Crippen molar-refractivity contribution in [2.24, 2.45) is 0 Å². The fraction of sp³-hybridized carbons (Fsp3) is 0.353. The van der Waals surface area contributed by atoms with Gasteiger partial charge in [0.05, 0.1) is 27.3 Å². The Kier molecular flexibility index (Phi) is 6.07. The predicted molar refractivity (Wildman–Crippen MR) is 91.1 cm³/mol. The van der Waals surface area contributed by atoms with Gasteiger partial charge in [0, 0.05) is 30.4 Å². The molecular formula is C17H19F2N3O2S. The first-order valence-electron chi connectivity index (χ1n) is 7.59. The van der Waals surface area contributed by atoms with Crippen molar-refractivity contribution in [2.45, 2.75) is 38.0 Å². The number of Topliss-reactive ketones (excluding diaryl/α,β-unsaturated/α-hetero) is 1. The van der Waals surface area contributed by atoms with Gasteiger partial charge in [0.2, 0.25) is 0 Å². The van der Waals surface area contributed by atoms with Crippen LogP contribution in [-0.2, 0) is 11.0 Å². The average Bonchev–Trinajstić information content (AvgIpc) is 2.54. The van der Waals surface area contributed by atoms with Gasteiger partial charge in [-0.15, -0.1) is 0 Å². The van der Waals surface area contributed by atoms with Crippen LogP contribution in [0.3, 0.4) is 0 Å². The molecular weight excluding hydrogens is 348 g/mol. The van der Waals surface area contributed by atoms with Gasteiger partial charge in [-0.25, -0.2) is 27.7 Å². The Hall–Kier alpha value is -2.06. The summed E-state index contributed by atoms with van der Waals surface area (Å²) in [5.41, 5.74) is 0.336. The van der Waals surface area contributed by atoms with Crippen LogP contribution < -0.4 is 4.72 Å². The Balaban J connectivity index is 2.32. The first-order valence-corrected chi connectivity index (χ1v) is 8.74. The molecule has 0 amide bonds. The Morgan fingerprint density at radius 3 is 2.44 bits per heavy atom. The second-order valence-electron chi connectivity index (χ2n) is 6.47. The molecule has 2 rings (SSSR count). The van der Waals surface area contributed by atoms with Gasteiger partial charge in [0.1, 0.15) is 18.0 Å². The fourth-order valence-electron chi connectivity index (χ4n) is 2.05. The molecule has 5 nitrogen and oxygen atoms in total. The maximum absolute atomic E-state index is 14.2. The first-order chi connectivity index (χ1) is 11.7. The average molecular weight is 367 g/mol. The predicted octanol–water partition coefficient (Wildman–Crippen LogP) is 3.12. The molecule has 0 aliphatic heterocycles. The summed E-state index contributed by atoms with van der Waals surface area (Å²) in [7, 11) is -1.55. The van der Waals surface area contributed by atoms with Gasteiger partial charge in [-0.3, -0.25) is 4.79 Å². The monoisotopic (exact) mass is 367 g/mol. The van der Waals surface area contributed by atoms with Crippen LogP contribution in [0.25, 0.3) is 0 Å². The molecule has 1 aromatic heterocycles. The van der Waals surface area contributed by atoms with Gasteiger partial charge in [-0.2, -0.15) is 0 Å². The van der Waals surface area contributed by atoms with Crippen molar-refractivity contribution in [2.75, 3.05) is 0 Å². The number of benzene rings is 1. The van der Waals surface area contributed by atoms with Gasteiger partial charge in [0.15, 0.2) is 5.78 Å². The van der Waals surface area contributed by atoms with Crippen molar-refractivity contribution in [3.8, 4) is 0 Å². The van der Waals surface area contributed by atoms with Crippen LogP contribution in [0.1, 0.15) is 49.2 Å². The summed E-state index contributed by atoms with van der Waals surface area (Å²) in [5, 5.41) is 0. The highest BCUT2D eigenvalue weighted by molar-refractivity contribution is 7.84. The van der Waals surface area contributed by atoms with E-state index in [1.165, 1.54) is 24.8 Å². The van der Waals surface area contributed by atoms with E-state index in [1.54, 1.807) is 20.8 Å². The molecule has 1 heterocycles. The van der Waals surface area contributed by atoms with Crippen molar-refractivity contribution in [1.29, 1.82) is 0 Å². The van der Waals surface area contributed by atoms with Crippen LogP contribution in [0.4, 0.5) is 8.78 Å². The summed E-state index contributed by atoms with van der Waals surface area (Å²) in [6.07, 6.45) is 3.83. The van der Waals surface area contributed by atoms with E-state index in [4.69, 9.17) is 0 Å². The summed E-state index contributed by atoms with van der Waals surface area (Å²) in [6, 6.07) is 2.20. The summed E-state index contributed by atoms with van der Waals surface area (Å²) >= 11 is 0. The number of nitrogens with one attached hydrogen (secondary N) is 1. The molecule has 0 saturated carbocycles. The largest absolute Gasteiger partial charge is 0.294 e. The van der Waals surface area contributed by atoms with Crippen LogP contribution in [0, 0.1) is 11.6 Å². The number of nitrogens with zero attached hydrogens (tertiary/aromatic N) is 2. The molecule has 0 bridgehead atoms. The molecule has 0 spiro atoms. The Labute approximate surface area is 147 Å². The lowest BCUT2D eigenvalue weighted by atomic mass is 9.99. The second-order valence-corrected chi connectivity index (χ2v) is 8.47. The van der Waals surface area contributed by atoms with Crippen molar-refractivity contribution < 1.29 is 17.8 Å². The third kappa shape index (κ3) is 5.20. The molecule has 0 fully saturated rings. The molecule has 0 aliphatic rings. The Morgan fingerprint density at radius 1 is 1.24 bits per heavy atom. The molecule has 25 heavy (non-hydrogen) atoms. The van der Waals surface area contributed by atoms with E-state index in [1.807, 2.05) is 0 Å². The maximum atomic E-state index is 14.2. The van der Waals surface area contributed by atoms with E-state index in [0.29, 0.717) is 0 Å². The topological polar surface area (TPSA) is 72.0 Å². The number of hydrogen-bond donors (Lipinski definition) is 1. The molecule has 0 saturated heterocycles. The maximum Gasteiger partial charge on any atom is 0.167 e. The van der Waals surface area contributed by atoms with Crippen LogP contribution in [-0.4, -0.2) is 24.7 Å². The number of carbonyl (C=O) groups excluding carboxylic acids is 1. The highest BCUT2D eigenvalue weighted by atomic mass is 32.2. The SMILES string of the molecule is CC(C)(C)S(=O)NC(CC(=O)c1cncnc1)c1ccc(F)cc1F. The highest BCUT2D eigenvalue weighted by Gasteiger charge is 2.27. The standard InChI is InChI=1S/C17H19F2N3O2S/c1-17(2,3)25(24)22-15(13-5-4-12(18)6-14(13)19)7-16(23)11-8-20-10-21-9-11/h4-6,8-10,15,22H,7H2,1-3H3. The molecule has 1 N–H and O–H groups in total. The van der Waals surface area contributed by atoms with Gasteiger partial charge in [-0.05, 0) is 26.8 Å². The van der Waals surface area contributed by atoms with Gasteiger partial charge in [-0.1, -0.05) is 6.07 Å². The summed E-state index contributed by atoms with van der Waals surface area (Å²) < 4.78 is 41.9. The van der Waals surface area contributed by atoms with E-state index in [-0.39, 0.29) is 23.3 Å². The van der Waals surface area contributed by atoms with Crippen LogP contribution in [0.5, 0.6) is 0 Å². The van der Waals surface area contributed by atoms with Crippen molar-refractivity contribution in [1.82, 2.24) is 14.7 Å². The summed E-state index contributed by atoms with van der Waals surface area (Å²) in [5.74, 6) is -1.87. The number of carbonyl (C=O) groups is 1. The first kappa shape index (κ1) is 19.3. The minimum Gasteiger partial charge on any atom is -0.294 e. The Morgan fingerprint density at radius 2 is 1.88 bits per heavy atom. The number of halogens is 2. The molecule has 134 valence electrons. The van der Waals surface area contributed by atoms with E-state index in [9.17, 15) is 17.8 Å². The molecule has 2 atom stereocenters. The molecule has 1 aromatic carbocycles. The van der Waals surface area contributed by atoms with Crippen LogP contribution in [0.15, 0.2) is 36.9 Å². The van der Waals surface area contributed by atoms with Crippen LogP contribution in [0.2, 0.25) is 0 Å². The zero-order chi connectivity index (χ0) is 18.6. The van der Waals surface area contributed by atoms with E-state index < -0.39 is 33.4 Å². The van der Waals surface area contributed by atoms with E-state index in [0.717, 1.165) is 12.1 Å². The fourth-order valence-corrected chi connectivity index (χ4v) is 2.87. The van der Waals surface area contributed by atoms with E-state index >= 15 is 0 Å². The number of ketones is 1.